The molecule has 2 unspecified atom stereocenters. The van der Waals surface area contributed by atoms with Crippen LogP contribution >= 0.6 is 0 Å². The van der Waals surface area contributed by atoms with Gasteiger partial charge in [-0.3, -0.25) is 14.4 Å². The molecular formula is C38H49N3O6. The highest BCUT2D eigenvalue weighted by molar-refractivity contribution is 6.07. The van der Waals surface area contributed by atoms with Gasteiger partial charge in [-0.05, 0) is 74.9 Å². The van der Waals surface area contributed by atoms with E-state index in [0.29, 0.717) is 37.3 Å². The molecule has 252 valence electrons. The van der Waals surface area contributed by atoms with E-state index < -0.39 is 35.6 Å². The number of aliphatic hydroxyl groups excluding tert-OH is 1. The Hall–Kier alpha value is -3.95. The van der Waals surface area contributed by atoms with Crippen molar-refractivity contribution in [3.8, 4) is 5.75 Å². The van der Waals surface area contributed by atoms with Gasteiger partial charge in [0.1, 0.15) is 17.4 Å². The summed E-state index contributed by atoms with van der Waals surface area (Å²) in [5.74, 6) is -1.92. The second-order valence-corrected chi connectivity index (χ2v) is 13.1. The third kappa shape index (κ3) is 5.78. The number of rotatable bonds is 14. The van der Waals surface area contributed by atoms with Gasteiger partial charge in [0.2, 0.25) is 11.8 Å². The molecular weight excluding hydrogens is 594 g/mol. The maximum atomic E-state index is 15.1. The number of benzene rings is 2. The third-order valence-electron chi connectivity index (χ3n) is 10.4. The van der Waals surface area contributed by atoms with Crippen LogP contribution in [0.15, 0.2) is 67.8 Å². The Kier molecular flexibility index (Phi) is 10.3. The van der Waals surface area contributed by atoms with Gasteiger partial charge >= 0.3 is 0 Å². The van der Waals surface area contributed by atoms with Crippen LogP contribution in [0.1, 0.15) is 51.2 Å². The predicted molar refractivity (Wildman–Crippen MR) is 183 cm³/mol. The molecule has 3 saturated heterocycles. The lowest BCUT2D eigenvalue weighted by Gasteiger charge is -2.41. The molecule has 0 radical (unpaired) electrons. The molecule has 3 aliphatic rings. The summed E-state index contributed by atoms with van der Waals surface area (Å²) in [6, 6.07) is 11.5. The van der Waals surface area contributed by atoms with Crippen molar-refractivity contribution in [2.45, 2.75) is 77.7 Å². The number of ether oxygens (including phenoxy) is 2. The minimum absolute atomic E-state index is 0.102. The average molecular weight is 644 g/mol. The van der Waals surface area contributed by atoms with E-state index >= 15 is 4.79 Å². The summed E-state index contributed by atoms with van der Waals surface area (Å²) in [4.78, 5) is 49.5. The van der Waals surface area contributed by atoms with Gasteiger partial charge in [-0.15, -0.1) is 13.2 Å². The molecule has 2 aromatic carbocycles. The van der Waals surface area contributed by atoms with Crippen LogP contribution in [0.4, 0.5) is 11.4 Å². The average Bonchev–Trinajstić information content (AvgIpc) is 3.71. The second kappa shape index (κ2) is 14.0. The highest BCUT2D eigenvalue weighted by Crippen LogP contribution is 2.60. The fourth-order valence-corrected chi connectivity index (χ4v) is 8.14. The lowest BCUT2D eigenvalue weighted by Crippen LogP contribution is -2.60. The minimum Gasteiger partial charge on any atom is -0.494 e. The number of likely N-dealkylation sites (tertiary alicyclic amines) is 1. The van der Waals surface area contributed by atoms with Crippen molar-refractivity contribution >= 4 is 29.1 Å². The topological polar surface area (TPSA) is 99.6 Å². The Morgan fingerprint density at radius 2 is 1.70 bits per heavy atom. The van der Waals surface area contributed by atoms with Crippen LogP contribution in [-0.2, 0) is 19.1 Å². The molecule has 47 heavy (non-hydrogen) atoms. The fourth-order valence-electron chi connectivity index (χ4n) is 8.14. The summed E-state index contributed by atoms with van der Waals surface area (Å²) in [7, 11) is 0. The van der Waals surface area contributed by atoms with Crippen LogP contribution in [-0.4, -0.2) is 77.8 Å². The SMILES string of the molecule is C=CCN(C(=O)[C@@H]1[C@H]2C(=O)N([C@@H](CO)[C@@H](C)CC)C(C(=O)N(CC=C)c3c(C)cccc3C)C23CC[C@H]1O3)c1ccc(OCC)cc1. The van der Waals surface area contributed by atoms with E-state index in [0.717, 1.165) is 16.8 Å². The van der Waals surface area contributed by atoms with Gasteiger partial charge in [-0.2, -0.15) is 0 Å². The first kappa shape index (κ1) is 34.4. The fraction of sp³-hybridized carbons (Fsp3) is 0.500. The van der Waals surface area contributed by atoms with Crippen molar-refractivity contribution in [1.29, 1.82) is 0 Å². The molecule has 0 aliphatic carbocycles. The van der Waals surface area contributed by atoms with Crippen LogP contribution in [0.2, 0.25) is 0 Å². The van der Waals surface area contributed by atoms with Gasteiger partial charge in [0.25, 0.3) is 5.91 Å². The first-order valence-electron chi connectivity index (χ1n) is 16.8. The molecule has 7 atom stereocenters. The number of anilines is 2. The summed E-state index contributed by atoms with van der Waals surface area (Å²) in [6.45, 7) is 18.3. The number of carbonyl (C=O) groups excluding carboxylic acids is 3. The number of aryl methyl sites for hydroxylation is 2. The van der Waals surface area contributed by atoms with Crippen LogP contribution in [0.5, 0.6) is 5.75 Å². The van der Waals surface area contributed by atoms with E-state index in [-0.39, 0.29) is 43.3 Å². The van der Waals surface area contributed by atoms with E-state index in [1.54, 1.807) is 26.9 Å². The number of amides is 3. The minimum atomic E-state index is -1.21. The Labute approximate surface area is 278 Å². The maximum Gasteiger partial charge on any atom is 0.253 e. The zero-order valence-electron chi connectivity index (χ0n) is 28.4. The molecule has 3 aliphatic heterocycles. The third-order valence-corrected chi connectivity index (χ3v) is 10.4. The molecule has 3 fully saturated rings. The summed E-state index contributed by atoms with van der Waals surface area (Å²) in [5, 5.41) is 10.8. The number of fused-ring (bicyclic) bond motifs is 1. The van der Waals surface area contributed by atoms with E-state index in [2.05, 4.69) is 13.2 Å². The summed E-state index contributed by atoms with van der Waals surface area (Å²) in [6.07, 6.45) is 4.52. The standard InChI is InChI=1S/C38H49N3O6/c1-8-21-39(27-15-17-28(18-16-27)46-11-4)35(43)31-30-19-20-38(47-30)32(31)36(44)41(29(23-42)24(5)10-3)34(38)37(45)40(22-9-2)33-25(6)13-12-14-26(33)7/h8-9,12-18,24,29-32,34,42H,1-2,10-11,19-23H2,3-7H3/t24-,29-,30+,31-,32-,34?,38?/m0/s1. The number of hydrogen-bond acceptors (Lipinski definition) is 6. The van der Waals surface area contributed by atoms with Gasteiger partial charge in [0.15, 0.2) is 0 Å². The molecule has 2 aromatic rings. The smallest absolute Gasteiger partial charge is 0.253 e. The molecule has 0 saturated carbocycles. The van der Waals surface area contributed by atoms with E-state index in [1.165, 1.54) is 0 Å². The number of aliphatic hydroxyl groups is 1. The molecule has 3 amide bonds. The predicted octanol–water partition coefficient (Wildman–Crippen LogP) is 5.22. The normalized spacial score (nSPS) is 25.7. The number of carbonyl (C=O) groups is 3. The Morgan fingerprint density at radius 1 is 1.06 bits per heavy atom. The van der Waals surface area contributed by atoms with Crippen molar-refractivity contribution in [2.75, 3.05) is 36.1 Å². The van der Waals surface area contributed by atoms with E-state index in [9.17, 15) is 14.7 Å². The van der Waals surface area contributed by atoms with Gasteiger partial charge in [0, 0.05) is 24.5 Å². The van der Waals surface area contributed by atoms with Gasteiger partial charge in [-0.1, -0.05) is 50.6 Å². The summed E-state index contributed by atoms with van der Waals surface area (Å²) >= 11 is 0. The van der Waals surface area contributed by atoms with Crippen LogP contribution in [0, 0.1) is 31.6 Å². The van der Waals surface area contributed by atoms with Crippen LogP contribution in [0.25, 0.3) is 0 Å². The highest BCUT2D eigenvalue weighted by Gasteiger charge is 2.75. The zero-order valence-corrected chi connectivity index (χ0v) is 28.4. The number of nitrogens with zero attached hydrogens (tertiary/aromatic N) is 3. The molecule has 9 heteroatoms. The molecule has 2 bridgehead atoms. The van der Waals surface area contributed by atoms with Gasteiger partial charge in [0.05, 0.1) is 37.2 Å². The number of para-hydroxylation sites is 1. The van der Waals surface area contributed by atoms with Crippen LogP contribution < -0.4 is 14.5 Å². The van der Waals surface area contributed by atoms with Gasteiger partial charge < -0.3 is 29.3 Å². The lowest BCUT2D eigenvalue weighted by molar-refractivity contribution is -0.145. The zero-order chi connectivity index (χ0) is 34.0. The van der Waals surface area contributed by atoms with E-state index in [4.69, 9.17) is 9.47 Å². The highest BCUT2D eigenvalue weighted by atomic mass is 16.5. The molecule has 3 heterocycles. The molecule has 1 N–H and O–H groups in total. The Morgan fingerprint density at radius 3 is 2.28 bits per heavy atom. The van der Waals surface area contributed by atoms with Crippen molar-refractivity contribution in [3.63, 3.8) is 0 Å². The molecule has 0 aromatic heterocycles. The monoisotopic (exact) mass is 643 g/mol. The molecule has 9 nitrogen and oxygen atoms in total. The van der Waals surface area contributed by atoms with Crippen molar-refractivity contribution in [1.82, 2.24) is 4.90 Å². The summed E-state index contributed by atoms with van der Waals surface area (Å²) in [5.41, 5.74) is 2.05. The van der Waals surface area contributed by atoms with E-state index in [1.807, 2.05) is 77.1 Å². The summed E-state index contributed by atoms with van der Waals surface area (Å²) < 4.78 is 12.4. The molecule has 1 spiro atoms. The van der Waals surface area contributed by atoms with Crippen molar-refractivity contribution in [2.24, 2.45) is 17.8 Å². The maximum absolute atomic E-state index is 15.1. The number of hydrogen-bond donors (Lipinski definition) is 1. The quantitative estimate of drug-likeness (QED) is 0.284. The Bertz CT molecular complexity index is 1490. The van der Waals surface area contributed by atoms with Crippen LogP contribution in [0.3, 0.4) is 0 Å². The largest absolute Gasteiger partial charge is 0.494 e. The molecule has 5 rings (SSSR count). The lowest BCUT2D eigenvalue weighted by atomic mass is 9.70. The first-order chi connectivity index (χ1) is 22.6. The second-order valence-electron chi connectivity index (χ2n) is 13.1. The van der Waals surface area contributed by atoms with Gasteiger partial charge in [-0.25, -0.2) is 0 Å². The van der Waals surface area contributed by atoms with Crippen molar-refractivity contribution < 1.29 is 29.0 Å². The van der Waals surface area contributed by atoms with Crippen molar-refractivity contribution in [3.05, 3.63) is 78.9 Å². The first-order valence-corrected chi connectivity index (χ1v) is 16.8. The Balaban J connectivity index is 1.61.